The molecule has 3 rings (SSSR count). The standard InChI is InChI=1S/C25H34N4O4/c1-25(2,3)33-24(31)29-11-10-16-6-7-17(12-19(16)15-29)20(14-23(30)32-5)18-8-9-22(28(4)27)21(26)13-18/h6-9,12-13,20H,10-11,14-15,26-27H2,1-5H3. The van der Waals surface area contributed by atoms with E-state index >= 15 is 0 Å². The van der Waals surface area contributed by atoms with E-state index in [2.05, 4.69) is 12.1 Å². The Bertz CT molecular complexity index is 1030. The number of nitrogens with zero attached hydrogens (tertiary/aromatic N) is 2. The van der Waals surface area contributed by atoms with Crippen molar-refractivity contribution in [3.8, 4) is 0 Å². The average molecular weight is 455 g/mol. The summed E-state index contributed by atoms with van der Waals surface area (Å²) in [5, 5.41) is 1.46. The maximum Gasteiger partial charge on any atom is 0.410 e. The first-order valence-electron chi connectivity index (χ1n) is 11.0. The van der Waals surface area contributed by atoms with Crippen LogP contribution in [-0.2, 0) is 27.2 Å². The number of fused-ring (bicyclic) bond motifs is 1. The van der Waals surface area contributed by atoms with Crippen molar-refractivity contribution in [1.82, 2.24) is 4.90 Å². The van der Waals surface area contributed by atoms with Gasteiger partial charge in [-0.3, -0.25) is 4.79 Å². The molecular weight excluding hydrogens is 420 g/mol. The summed E-state index contributed by atoms with van der Waals surface area (Å²) in [4.78, 5) is 26.5. The molecule has 0 bridgehead atoms. The third-order valence-electron chi connectivity index (χ3n) is 5.73. The van der Waals surface area contributed by atoms with Gasteiger partial charge in [-0.15, -0.1) is 0 Å². The van der Waals surface area contributed by atoms with Gasteiger partial charge in [0.05, 0.1) is 24.9 Å². The topological polar surface area (TPSA) is 111 Å². The van der Waals surface area contributed by atoms with Gasteiger partial charge >= 0.3 is 12.1 Å². The van der Waals surface area contributed by atoms with E-state index in [0.29, 0.717) is 24.5 Å². The Morgan fingerprint density at radius 3 is 2.39 bits per heavy atom. The highest BCUT2D eigenvalue weighted by Crippen LogP contribution is 2.34. The quantitative estimate of drug-likeness (QED) is 0.307. The number of hydrazine groups is 1. The van der Waals surface area contributed by atoms with E-state index in [1.165, 1.54) is 17.7 Å². The molecule has 178 valence electrons. The lowest BCUT2D eigenvalue weighted by Crippen LogP contribution is -2.39. The molecule has 33 heavy (non-hydrogen) atoms. The smallest absolute Gasteiger partial charge is 0.410 e. The van der Waals surface area contributed by atoms with Crippen LogP contribution in [0.2, 0.25) is 0 Å². The molecule has 2 aromatic rings. The Morgan fingerprint density at radius 2 is 1.79 bits per heavy atom. The predicted molar refractivity (Wildman–Crippen MR) is 129 cm³/mol. The summed E-state index contributed by atoms with van der Waals surface area (Å²) in [6.45, 7) is 6.65. The summed E-state index contributed by atoms with van der Waals surface area (Å²) in [6.07, 6.45) is 0.600. The Hall–Kier alpha value is -3.26. The van der Waals surface area contributed by atoms with E-state index in [-0.39, 0.29) is 24.4 Å². The van der Waals surface area contributed by atoms with Gasteiger partial charge in [-0.2, -0.15) is 0 Å². The molecule has 1 amide bonds. The number of ether oxygens (including phenoxy) is 2. The second kappa shape index (κ2) is 9.70. The lowest BCUT2D eigenvalue weighted by Gasteiger charge is -2.32. The number of anilines is 2. The molecule has 8 nitrogen and oxygen atoms in total. The zero-order chi connectivity index (χ0) is 24.3. The number of benzene rings is 2. The van der Waals surface area contributed by atoms with Crippen LogP contribution in [0.25, 0.3) is 0 Å². The van der Waals surface area contributed by atoms with Gasteiger partial charge in [-0.1, -0.05) is 24.3 Å². The van der Waals surface area contributed by atoms with Crippen LogP contribution in [0.3, 0.4) is 0 Å². The summed E-state index contributed by atoms with van der Waals surface area (Å²) in [7, 11) is 3.10. The largest absolute Gasteiger partial charge is 0.469 e. The maximum absolute atomic E-state index is 12.6. The van der Waals surface area contributed by atoms with Crippen molar-refractivity contribution in [2.75, 3.05) is 31.4 Å². The van der Waals surface area contributed by atoms with Crippen molar-refractivity contribution < 1.29 is 19.1 Å². The molecule has 0 fully saturated rings. The summed E-state index contributed by atoms with van der Waals surface area (Å²) >= 11 is 0. The van der Waals surface area contributed by atoms with E-state index < -0.39 is 5.60 Å². The van der Waals surface area contributed by atoms with Crippen molar-refractivity contribution in [3.05, 3.63) is 58.7 Å². The molecule has 1 aliphatic rings. The molecule has 2 aromatic carbocycles. The minimum atomic E-state index is -0.547. The lowest BCUT2D eigenvalue weighted by molar-refractivity contribution is -0.140. The number of hydrogen-bond donors (Lipinski definition) is 2. The first-order chi connectivity index (χ1) is 15.5. The van der Waals surface area contributed by atoms with Crippen molar-refractivity contribution in [1.29, 1.82) is 0 Å². The van der Waals surface area contributed by atoms with Gasteiger partial charge in [0.2, 0.25) is 0 Å². The fourth-order valence-corrected chi connectivity index (χ4v) is 4.07. The average Bonchev–Trinajstić information content (AvgIpc) is 2.75. The highest BCUT2D eigenvalue weighted by Gasteiger charge is 2.27. The van der Waals surface area contributed by atoms with Crippen molar-refractivity contribution in [3.63, 3.8) is 0 Å². The molecule has 0 saturated carbocycles. The van der Waals surface area contributed by atoms with Gasteiger partial charge in [-0.25, -0.2) is 10.6 Å². The number of carbonyl (C=O) groups is 2. The zero-order valence-corrected chi connectivity index (χ0v) is 20.1. The maximum atomic E-state index is 12.6. The number of nitrogen functional groups attached to an aromatic ring is 1. The Kier molecular flexibility index (Phi) is 7.17. The molecule has 1 heterocycles. The van der Waals surface area contributed by atoms with E-state index in [1.807, 2.05) is 45.0 Å². The number of rotatable bonds is 5. The predicted octanol–water partition coefficient (Wildman–Crippen LogP) is 3.57. The molecule has 0 aromatic heterocycles. The van der Waals surface area contributed by atoms with Gasteiger partial charge in [0, 0.05) is 26.1 Å². The first-order valence-corrected chi connectivity index (χ1v) is 11.0. The fraction of sp³-hybridized carbons (Fsp3) is 0.440. The summed E-state index contributed by atoms with van der Waals surface area (Å²) < 4.78 is 10.5. The molecule has 0 saturated heterocycles. The minimum absolute atomic E-state index is 0.169. The van der Waals surface area contributed by atoms with Crippen LogP contribution in [0.15, 0.2) is 36.4 Å². The summed E-state index contributed by atoms with van der Waals surface area (Å²) in [5.41, 5.74) is 11.0. The van der Waals surface area contributed by atoms with Crippen molar-refractivity contribution >= 4 is 23.4 Å². The fourth-order valence-electron chi connectivity index (χ4n) is 4.07. The van der Waals surface area contributed by atoms with Crippen LogP contribution in [0, 0.1) is 0 Å². The number of carbonyl (C=O) groups excluding carboxylic acids is 2. The monoisotopic (exact) mass is 454 g/mol. The molecule has 8 heteroatoms. The third kappa shape index (κ3) is 5.96. The van der Waals surface area contributed by atoms with E-state index in [1.54, 1.807) is 11.9 Å². The van der Waals surface area contributed by atoms with Crippen LogP contribution in [0.1, 0.15) is 55.4 Å². The van der Waals surface area contributed by atoms with Crippen LogP contribution in [0.4, 0.5) is 16.2 Å². The van der Waals surface area contributed by atoms with Crippen LogP contribution in [0.5, 0.6) is 0 Å². The second-order valence-electron chi connectivity index (χ2n) is 9.44. The highest BCUT2D eigenvalue weighted by molar-refractivity contribution is 5.73. The highest BCUT2D eigenvalue weighted by atomic mass is 16.6. The third-order valence-corrected chi connectivity index (χ3v) is 5.73. The van der Waals surface area contributed by atoms with Gasteiger partial charge in [0.25, 0.3) is 0 Å². The zero-order valence-electron chi connectivity index (χ0n) is 20.1. The Morgan fingerprint density at radius 1 is 1.12 bits per heavy atom. The van der Waals surface area contributed by atoms with Crippen LogP contribution in [-0.4, -0.2) is 43.3 Å². The molecule has 4 N–H and O–H groups in total. The molecule has 0 aliphatic carbocycles. The molecule has 1 aliphatic heterocycles. The second-order valence-corrected chi connectivity index (χ2v) is 9.44. The van der Waals surface area contributed by atoms with Gasteiger partial charge in [0.15, 0.2) is 0 Å². The van der Waals surface area contributed by atoms with E-state index in [4.69, 9.17) is 21.1 Å². The Balaban J connectivity index is 1.93. The number of nitrogens with two attached hydrogens (primary N) is 2. The van der Waals surface area contributed by atoms with Gasteiger partial charge < -0.3 is 25.1 Å². The summed E-state index contributed by atoms with van der Waals surface area (Å²) in [5.74, 6) is 5.28. The van der Waals surface area contributed by atoms with Crippen molar-refractivity contribution in [2.45, 2.75) is 51.7 Å². The van der Waals surface area contributed by atoms with Crippen molar-refractivity contribution in [2.24, 2.45) is 5.84 Å². The number of esters is 1. The lowest BCUT2D eigenvalue weighted by atomic mass is 9.85. The van der Waals surface area contributed by atoms with Crippen LogP contribution >= 0.6 is 0 Å². The Labute approximate surface area is 195 Å². The molecule has 1 unspecified atom stereocenters. The van der Waals surface area contributed by atoms with E-state index in [9.17, 15) is 9.59 Å². The first kappa shape index (κ1) is 24.4. The molecule has 1 atom stereocenters. The molecule has 0 spiro atoms. The normalized spacial score (nSPS) is 14.3. The van der Waals surface area contributed by atoms with Crippen LogP contribution < -0.4 is 16.6 Å². The van der Waals surface area contributed by atoms with Gasteiger partial charge in [-0.05, 0) is 61.6 Å². The molecular formula is C25H34N4O4. The SMILES string of the molecule is COC(=O)CC(c1ccc(N(C)N)c(N)c1)c1ccc2c(c1)CN(C(=O)OC(C)(C)C)CC2. The van der Waals surface area contributed by atoms with E-state index in [0.717, 1.165) is 23.1 Å². The number of methoxy groups -OCH3 is 1. The number of amides is 1. The minimum Gasteiger partial charge on any atom is -0.469 e. The summed E-state index contributed by atoms with van der Waals surface area (Å²) in [6, 6.07) is 11.8. The van der Waals surface area contributed by atoms with Gasteiger partial charge in [0.1, 0.15) is 5.60 Å². The number of hydrogen-bond acceptors (Lipinski definition) is 7. The molecule has 0 radical (unpaired) electrons.